The molecule has 0 aliphatic carbocycles. The van der Waals surface area contributed by atoms with Gasteiger partial charge < -0.3 is 26.2 Å². The molecule has 78 valence electrons. The molecule has 0 bridgehead atoms. The van der Waals surface area contributed by atoms with Crippen molar-refractivity contribution in [1.82, 2.24) is 0 Å². The average molecular weight is 195 g/mol. The Morgan fingerprint density at radius 2 is 1.62 bits per heavy atom. The van der Waals surface area contributed by atoms with Gasteiger partial charge in [0, 0.05) is 0 Å². The Balaban J connectivity index is 0. The minimum absolute atomic E-state index is 0.505. The largest absolute Gasteiger partial charge is 0.480 e. The number of aliphatic hydroxyl groups excluding tert-OH is 2. The molecular weight excluding hydrogens is 182 g/mol. The van der Waals surface area contributed by atoms with Crippen LogP contribution in [-0.2, 0) is 9.59 Å². The summed E-state index contributed by atoms with van der Waals surface area (Å²) in [6.45, 7) is 0.692. The van der Waals surface area contributed by atoms with Gasteiger partial charge in [0.05, 0.1) is 6.61 Å². The van der Waals surface area contributed by atoms with Crippen LogP contribution in [0.2, 0.25) is 0 Å². The van der Waals surface area contributed by atoms with Gasteiger partial charge in [0.25, 0.3) is 0 Å². The van der Waals surface area contributed by atoms with Crippen LogP contribution in [0.15, 0.2) is 0 Å². The molecule has 0 radical (unpaired) electrons. The zero-order valence-corrected chi connectivity index (χ0v) is 7.04. The van der Waals surface area contributed by atoms with E-state index in [-0.39, 0.29) is 0 Å². The number of carboxylic acid groups (broad SMARTS) is 2. The Bertz CT molecular complexity index is 169. The molecule has 0 aromatic heterocycles. The SMILES string of the molecule is CC(O)C(=O)O.N[C@@H](CO)C(=O)O. The summed E-state index contributed by atoms with van der Waals surface area (Å²) in [5, 5.41) is 31.7. The van der Waals surface area contributed by atoms with Gasteiger partial charge in [-0.3, -0.25) is 4.79 Å². The van der Waals surface area contributed by atoms with Crippen LogP contribution in [0.5, 0.6) is 0 Å². The molecule has 7 nitrogen and oxygen atoms in total. The molecule has 7 heteroatoms. The first-order valence-electron chi connectivity index (χ1n) is 3.33. The average Bonchev–Trinajstić information content (AvgIpc) is 2.03. The molecule has 1 unspecified atom stereocenters. The van der Waals surface area contributed by atoms with Gasteiger partial charge in [-0.2, -0.15) is 0 Å². The summed E-state index contributed by atoms with van der Waals surface area (Å²) in [5.41, 5.74) is 4.77. The number of hydrogen-bond acceptors (Lipinski definition) is 5. The standard InChI is InChI=1S/C3H7NO3.C3H6O3/c4-2(1-5)3(6)7;1-2(4)3(5)6/h2,5H,1,4H2,(H,6,7);2,4H,1H3,(H,5,6)/t2-;/m0./s1. The number of nitrogens with two attached hydrogens (primary N) is 1. The molecular formula is C6H13NO6. The van der Waals surface area contributed by atoms with Crippen molar-refractivity contribution >= 4 is 11.9 Å². The zero-order chi connectivity index (χ0) is 11.0. The minimum atomic E-state index is -1.23. The quantitative estimate of drug-likeness (QED) is 0.345. The molecule has 0 heterocycles. The summed E-state index contributed by atoms with van der Waals surface area (Å²) in [6.07, 6.45) is -1.23. The van der Waals surface area contributed by atoms with E-state index in [1.165, 1.54) is 6.92 Å². The summed E-state index contributed by atoms with van der Waals surface area (Å²) in [6, 6.07) is -1.13. The lowest BCUT2D eigenvalue weighted by atomic mass is 10.3. The van der Waals surface area contributed by atoms with Crippen LogP contribution in [0.25, 0.3) is 0 Å². The molecule has 0 rings (SSSR count). The number of carboxylic acids is 2. The first-order valence-corrected chi connectivity index (χ1v) is 3.33. The van der Waals surface area contributed by atoms with Gasteiger partial charge in [0.2, 0.25) is 0 Å². The highest BCUT2D eigenvalue weighted by Gasteiger charge is 2.07. The Hall–Kier alpha value is -1.18. The third-order valence-corrected chi connectivity index (χ3v) is 0.871. The van der Waals surface area contributed by atoms with E-state index in [2.05, 4.69) is 0 Å². The summed E-state index contributed by atoms with van der Waals surface area (Å²) in [7, 11) is 0. The maximum atomic E-state index is 9.65. The molecule has 0 aliphatic heterocycles. The molecule has 0 saturated heterocycles. The van der Waals surface area contributed by atoms with Crippen LogP contribution in [-0.4, -0.2) is 51.1 Å². The van der Waals surface area contributed by atoms with Gasteiger partial charge in [-0.1, -0.05) is 0 Å². The van der Waals surface area contributed by atoms with Gasteiger partial charge >= 0.3 is 11.9 Å². The predicted octanol–water partition coefficient (Wildman–Crippen LogP) is -2.16. The van der Waals surface area contributed by atoms with E-state index >= 15 is 0 Å². The van der Waals surface area contributed by atoms with Crippen LogP contribution in [0, 0.1) is 0 Å². The molecule has 13 heavy (non-hydrogen) atoms. The first-order chi connectivity index (χ1) is 5.82. The summed E-state index contributed by atoms with van der Waals surface area (Å²) >= 11 is 0. The highest BCUT2D eigenvalue weighted by atomic mass is 16.4. The Labute approximate surface area is 74.4 Å². The molecule has 0 aromatic carbocycles. The molecule has 0 amide bonds. The maximum absolute atomic E-state index is 9.65. The normalized spacial score (nSPS) is 13.5. The van der Waals surface area contributed by atoms with Crippen molar-refractivity contribution in [2.24, 2.45) is 5.73 Å². The molecule has 0 aromatic rings. The van der Waals surface area contributed by atoms with Crippen molar-refractivity contribution in [3.8, 4) is 0 Å². The lowest BCUT2D eigenvalue weighted by molar-refractivity contribution is -0.145. The second kappa shape index (κ2) is 7.47. The van der Waals surface area contributed by atoms with E-state index in [0.717, 1.165) is 0 Å². The minimum Gasteiger partial charge on any atom is -0.480 e. The van der Waals surface area contributed by atoms with Gasteiger partial charge in [-0.25, -0.2) is 4.79 Å². The van der Waals surface area contributed by atoms with Crippen molar-refractivity contribution in [3.63, 3.8) is 0 Å². The van der Waals surface area contributed by atoms with E-state index in [9.17, 15) is 9.59 Å². The molecule has 0 aliphatic rings. The lowest BCUT2D eigenvalue weighted by Gasteiger charge is -1.96. The van der Waals surface area contributed by atoms with Crippen molar-refractivity contribution in [1.29, 1.82) is 0 Å². The Morgan fingerprint density at radius 1 is 1.31 bits per heavy atom. The number of rotatable bonds is 3. The van der Waals surface area contributed by atoms with Crippen molar-refractivity contribution < 1.29 is 30.0 Å². The van der Waals surface area contributed by atoms with E-state index in [1.54, 1.807) is 0 Å². The molecule has 0 spiro atoms. The Morgan fingerprint density at radius 3 is 1.62 bits per heavy atom. The van der Waals surface area contributed by atoms with Crippen LogP contribution in [0.4, 0.5) is 0 Å². The van der Waals surface area contributed by atoms with Gasteiger partial charge in [0.1, 0.15) is 12.1 Å². The van der Waals surface area contributed by atoms with Crippen molar-refractivity contribution in [3.05, 3.63) is 0 Å². The second-order valence-corrected chi connectivity index (χ2v) is 2.14. The van der Waals surface area contributed by atoms with E-state index in [4.69, 9.17) is 26.2 Å². The van der Waals surface area contributed by atoms with Gasteiger partial charge in [0.15, 0.2) is 0 Å². The fourth-order valence-electron chi connectivity index (χ4n) is 0.0781. The van der Waals surface area contributed by atoms with Crippen LogP contribution < -0.4 is 5.73 Å². The lowest BCUT2D eigenvalue weighted by Crippen LogP contribution is -2.33. The highest BCUT2D eigenvalue weighted by Crippen LogP contribution is 1.73. The van der Waals surface area contributed by atoms with E-state index in [1.807, 2.05) is 0 Å². The van der Waals surface area contributed by atoms with Gasteiger partial charge in [-0.05, 0) is 6.92 Å². The third kappa shape index (κ3) is 10.8. The van der Waals surface area contributed by atoms with Crippen LogP contribution >= 0.6 is 0 Å². The second-order valence-electron chi connectivity index (χ2n) is 2.14. The fourth-order valence-corrected chi connectivity index (χ4v) is 0.0781. The summed E-state index contributed by atoms with van der Waals surface area (Å²) < 4.78 is 0. The number of hydrogen-bond donors (Lipinski definition) is 5. The Kier molecular flexibility index (Phi) is 8.24. The maximum Gasteiger partial charge on any atom is 0.332 e. The first kappa shape index (κ1) is 14.3. The molecule has 0 fully saturated rings. The van der Waals surface area contributed by atoms with E-state index < -0.39 is 30.7 Å². The van der Waals surface area contributed by atoms with Crippen LogP contribution in [0.3, 0.4) is 0 Å². The topological polar surface area (TPSA) is 141 Å². The van der Waals surface area contributed by atoms with E-state index in [0.29, 0.717) is 0 Å². The smallest absolute Gasteiger partial charge is 0.332 e. The number of aliphatic carboxylic acids is 2. The number of carbonyl (C=O) groups is 2. The molecule has 2 atom stereocenters. The number of aliphatic hydroxyl groups is 2. The predicted molar refractivity (Wildman–Crippen MR) is 42.0 cm³/mol. The third-order valence-electron chi connectivity index (χ3n) is 0.871. The molecule has 6 N–H and O–H groups in total. The van der Waals surface area contributed by atoms with Crippen molar-refractivity contribution in [2.75, 3.05) is 6.61 Å². The zero-order valence-electron chi connectivity index (χ0n) is 7.04. The summed E-state index contributed by atoms with van der Waals surface area (Å²) in [4.78, 5) is 19.1. The summed E-state index contributed by atoms with van der Waals surface area (Å²) in [5.74, 6) is -2.36. The fraction of sp³-hybridized carbons (Fsp3) is 0.667. The van der Waals surface area contributed by atoms with Crippen molar-refractivity contribution in [2.45, 2.75) is 19.1 Å². The van der Waals surface area contributed by atoms with Crippen LogP contribution in [0.1, 0.15) is 6.92 Å². The van der Waals surface area contributed by atoms with Gasteiger partial charge in [-0.15, -0.1) is 0 Å². The molecule has 0 saturated carbocycles. The highest BCUT2D eigenvalue weighted by molar-refractivity contribution is 5.73. The monoisotopic (exact) mass is 195 g/mol.